The van der Waals surface area contributed by atoms with Crippen LogP contribution in [0.25, 0.3) is 22.0 Å². The van der Waals surface area contributed by atoms with Crippen LogP contribution in [0.1, 0.15) is 21.6 Å². The number of hydrogen-bond acceptors (Lipinski definition) is 3. The molecule has 148 valence electrons. The summed E-state index contributed by atoms with van der Waals surface area (Å²) in [6.07, 6.45) is 3.11. The highest BCUT2D eigenvalue weighted by atomic mass is 19.1. The van der Waals surface area contributed by atoms with E-state index in [1.807, 2.05) is 6.07 Å². The zero-order valence-corrected chi connectivity index (χ0v) is 16.5. The van der Waals surface area contributed by atoms with Crippen LogP contribution in [-0.4, -0.2) is 41.3 Å². The van der Waals surface area contributed by atoms with Crippen LogP contribution in [0.2, 0.25) is 0 Å². The summed E-state index contributed by atoms with van der Waals surface area (Å²) in [6, 6.07) is 11.0. The Morgan fingerprint density at radius 1 is 1.06 bits per heavy atom. The molecule has 0 fully saturated rings. The van der Waals surface area contributed by atoms with Gasteiger partial charge in [-0.15, -0.1) is 0 Å². The number of amides is 1. The molecule has 0 aliphatic carbocycles. The highest BCUT2D eigenvalue weighted by molar-refractivity contribution is 6.42. The molecule has 0 bridgehead atoms. The Morgan fingerprint density at radius 2 is 1.77 bits per heavy atom. The summed E-state index contributed by atoms with van der Waals surface area (Å²) in [6.45, 7) is -0.433. The Bertz CT molecular complexity index is 1350. The Balaban J connectivity index is 1.55. The van der Waals surface area contributed by atoms with E-state index in [1.165, 1.54) is 24.4 Å². The van der Waals surface area contributed by atoms with Crippen LogP contribution in [-0.2, 0) is 18.9 Å². The van der Waals surface area contributed by atoms with Crippen molar-refractivity contribution in [3.63, 3.8) is 0 Å². The molecule has 2 aromatic carbocycles. The molecule has 3 heterocycles. The van der Waals surface area contributed by atoms with Crippen molar-refractivity contribution in [1.29, 1.82) is 0 Å². The topological polar surface area (TPSA) is 51.0 Å². The second kappa shape index (κ2) is 6.77. The van der Waals surface area contributed by atoms with Crippen molar-refractivity contribution in [3.8, 4) is 11.1 Å². The molecule has 1 aliphatic heterocycles. The first-order valence-electron chi connectivity index (χ1n) is 9.53. The zero-order chi connectivity index (χ0) is 21.9. The smallest absolute Gasteiger partial charge is 0.255 e. The van der Waals surface area contributed by atoms with Crippen LogP contribution in [0, 0.1) is 11.6 Å². The number of nitrogens with zero attached hydrogens (tertiary/aromatic N) is 4. The van der Waals surface area contributed by atoms with E-state index in [9.17, 15) is 4.79 Å². The van der Waals surface area contributed by atoms with Crippen LogP contribution < -0.4 is 0 Å². The lowest BCUT2D eigenvalue weighted by Crippen LogP contribution is -2.45. The lowest BCUT2D eigenvalue weighted by atomic mass is 9.59. The highest BCUT2D eigenvalue weighted by Gasteiger charge is 2.43. The number of hydrogen-bond donors (Lipinski definition) is 0. The van der Waals surface area contributed by atoms with Gasteiger partial charge in [0, 0.05) is 29.5 Å². The molecule has 5 nitrogen and oxygen atoms in total. The summed E-state index contributed by atoms with van der Waals surface area (Å²) in [4.78, 5) is 17.8. The number of carbonyl (C=O) groups is 1. The van der Waals surface area contributed by atoms with Gasteiger partial charge in [0.2, 0.25) is 0 Å². The third-order valence-electron chi connectivity index (χ3n) is 5.67. The number of halogens is 2. The number of pyridine rings is 1. The predicted molar refractivity (Wildman–Crippen MR) is 113 cm³/mol. The van der Waals surface area contributed by atoms with Gasteiger partial charge in [0.25, 0.3) is 5.91 Å². The standard InChI is InChI=1S/C22H14B2F2N4O/c1-29-19-6-2-4-13(15(19)10-28-29)12-8-17(25)16(18(26)9-12)11-30-21(31)14-5-3-7-27-20(14)22(30,23)24/h2-10H,11H2,1H3. The largest absolute Gasteiger partial charge is 0.340 e. The summed E-state index contributed by atoms with van der Waals surface area (Å²) in [5, 5.41) is 3.21. The van der Waals surface area contributed by atoms with Gasteiger partial charge in [-0.05, 0) is 41.5 Å². The Hall–Kier alpha value is -3.48. The molecule has 2 aromatic heterocycles. The Morgan fingerprint density at radius 3 is 2.48 bits per heavy atom. The second-order valence-corrected chi connectivity index (χ2v) is 7.54. The first-order valence-corrected chi connectivity index (χ1v) is 9.53. The van der Waals surface area contributed by atoms with Crippen LogP contribution in [0.4, 0.5) is 8.78 Å². The summed E-state index contributed by atoms with van der Waals surface area (Å²) in [5.74, 6) is -2.14. The first-order chi connectivity index (χ1) is 14.8. The van der Waals surface area contributed by atoms with Crippen LogP contribution in [0.15, 0.2) is 54.9 Å². The van der Waals surface area contributed by atoms with E-state index in [4.69, 9.17) is 15.7 Å². The molecule has 0 saturated carbocycles. The molecule has 4 aromatic rings. The Kier molecular flexibility index (Phi) is 4.25. The quantitative estimate of drug-likeness (QED) is 0.489. The average Bonchev–Trinajstić information content (AvgIpc) is 3.21. The van der Waals surface area contributed by atoms with Gasteiger partial charge >= 0.3 is 0 Å². The van der Waals surface area contributed by atoms with Crippen LogP contribution >= 0.6 is 0 Å². The zero-order valence-electron chi connectivity index (χ0n) is 16.5. The predicted octanol–water partition coefficient (Wildman–Crippen LogP) is 3.02. The monoisotopic (exact) mass is 410 g/mol. The number of rotatable bonds is 3. The fourth-order valence-corrected chi connectivity index (χ4v) is 4.04. The average molecular weight is 410 g/mol. The van der Waals surface area contributed by atoms with Gasteiger partial charge in [-0.25, -0.2) is 8.78 Å². The normalized spacial score (nSPS) is 14.9. The lowest BCUT2D eigenvalue weighted by Gasteiger charge is -2.33. The molecule has 0 N–H and O–H groups in total. The SMILES string of the molecule is [B]C1([B])c2ncccc2C(=O)N1Cc1c(F)cc(-c2cccc3c2cnn3C)cc1F. The maximum Gasteiger partial charge on any atom is 0.255 e. The summed E-state index contributed by atoms with van der Waals surface area (Å²) in [5.41, 5.74) is 1.93. The van der Waals surface area contributed by atoms with Crippen molar-refractivity contribution in [2.75, 3.05) is 0 Å². The molecule has 0 unspecified atom stereocenters. The van der Waals surface area contributed by atoms with Gasteiger partial charge in [-0.2, -0.15) is 5.10 Å². The number of benzene rings is 2. The minimum Gasteiger partial charge on any atom is -0.340 e. The Labute approximate surface area is 179 Å². The molecule has 0 spiro atoms. The fraction of sp³-hybridized carbons (Fsp3) is 0.136. The summed E-state index contributed by atoms with van der Waals surface area (Å²) in [7, 11) is 14.0. The molecular formula is C22H14B2F2N4O. The minimum atomic E-state index is -1.77. The van der Waals surface area contributed by atoms with Crippen molar-refractivity contribution in [2.24, 2.45) is 7.05 Å². The highest BCUT2D eigenvalue weighted by Crippen LogP contribution is 2.36. The van der Waals surface area contributed by atoms with Gasteiger partial charge in [0.15, 0.2) is 0 Å². The summed E-state index contributed by atoms with van der Waals surface area (Å²) < 4.78 is 31.8. The van der Waals surface area contributed by atoms with Gasteiger partial charge in [-0.1, -0.05) is 12.1 Å². The van der Waals surface area contributed by atoms with E-state index in [2.05, 4.69) is 10.1 Å². The van der Waals surface area contributed by atoms with E-state index in [1.54, 1.807) is 36.1 Å². The first kappa shape index (κ1) is 19.5. The number of aromatic nitrogens is 3. The van der Waals surface area contributed by atoms with Gasteiger partial charge in [0.1, 0.15) is 11.6 Å². The van der Waals surface area contributed by atoms with Crippen molar-refractivity contribution < 1.29 is 13.6 Å². The maximum absolute atomic E-state index is 15.1. The minimum absolute atomic E-state index is 0.167. The maximum atomic E-state index is 15.1. The van der Waals surface area contributed by atoms with E-state index in [0.717, 1.165) is 15.8 Å². The molecule has 9 heteroatoms. The van der Waals surface area contributed by atoms with Crippen molar-refractivity contribution in [2.45, 2.75) is 11.9 Å². The molecular weight excluding hydrogens is 396 g/mol. The second-order valence-electron chi connectivity index (χ2n) is 7.54. The molecule has 4 radical (unpaired) electrons. The van der Waals surface area contributed by atoms with Gasteiger partial charge in [-0.3, -0.25) is 14.5 Å². The van der Waals surface area contributed by atoms with Gasteiger partial charge in [0.05, 0.1) is 45.2 Å². The van der Waals surface area contributed by atoms with Crippen molar-refractivity contribution in [3.05, 3.63) is 83.3 Å². The molecule has 1 aliphatic rings. The van der Waals surface area contributed by atoms with E-state index in [0.29, 0.717) is 11.1 Å². The molecule has 0 atom stereocenters. The number of carbonyl (C=O) groups excluding carboxylic acids is 1. The van der Waals surface area contributed by atoms with E-state index in [-0.39, 0.29) is 16.8 Å². The third kappa shape index (κ3) is 2.87. The molecule has 31 heavy (non-hydrogen) atoms. The van der Waals surface area contributed by atoms with Crippen molar-refractivity contribution in [1.82, 2.24) is 19.7 Å². The van der Waals surface area contributed by atoms with E-state index >= 15 is 8.78 Å². The van der Waals surface area contributed by atoms with Gasteiger partial charge < -0.3 is 4.90 Å². The van der Waals surface area contributed by atoms with Crippen LogP contribution in [0.5, 0.6) is 0 Å². The number of fused-ring (bicyclic) bond motifs is 2. The summed E-state index contributed by atoms with van der Waals surface area (Å²) >= 11 is 0. The number of aryl methyl sites for hydroxylation is 1. The van der Waals surface area contributed by atoms with Crippen molar-refractivity contribution >= 4 is 32.5 Å². The fourth-order valence-electron chi connectivity index (χ4n) is 4.04. The van der Waals surface area contributed by atoms with E-state index < -0.39 is 29.4 Å². The third-order valence-corrected chi connectivity index (χ3v) is 5.67. The molecule has 0 saturated heterocycles. The molecule has 5 rings (SSSR count). The lowest BCUT2D eigenvalue weighted by molar-refractivity contribution is 0.0727. The van der Waals surface area contributed by atoms with Crippen LogP contribution in [0.3, 0.4) is 0 Å². The molecule has 1 amide bonds.